The number of hydrogen-bond acceptors (Lipinski definition) is 13. The first-order chi connectivity index (χ1) is 28.8. The number of ether oxygens (including phenoxy) is 2. The fourth-order valence-corrected chi connectivity index (χ4v) is 6.57. The monoisotopic (exact) mass is 892 g/mol. The molecule has 0 saturated carbocycles. The van der Waals surface area contributed by atoms with Gasteiger partial charge in [-0.05, 0) is 51.4 Å². The lowest BCUT2D eigenvalue weighted by Crippen LogP contribution is -2.25. The van der Waals surface area contributed by atoms with Crippen LogP contribution in [-0.2, 0) is 46.3 Å². The van der Waals surface area contributed by atoms with Crippen LogP contribution in [0.15, 0.2) is 72.9 Å². The highest BCUT2D eigenvalue weighted by Gasteiger charge is 2.28. The molecule has 0 aliphatic rings. The Morgan fingerprint density at radius 2 is 0.717 bits per heavy atom. The van der Waals surface area contributed by atoms with Crippen molar-refractivity contribution in [1.29, 1.82) is 0 Å². The first-order valence-corrected chi connectivity index (χ1v) is 24.3. The Morgan fingerprint density at radius 3 is 1.05 bits per heavy atom. The van der Waals surface area contributed by atoms with Crippen molar-refractivity contribution in [3.05, 3.63) is 72.9 Å². The summed E-state index contributed by atoms with van der Waals surface area (Å²) in [6.45, 7) is 0.0765. The molecule has 0 spiro atoms. The number of phosphoric acid groups is 2. The van der Waals surface area contributed by atoms with E-state index in [1.165, 1.54) is 0 Å². The average Bonchev–Trinajstić information content (AvgIpc) is 3.22. The summed E-state index contributed by atoms with van der Waals surface area (Å²) in [4.78, 5) is 43.6. The second-order valence-corrected chi connectivity index (χ2v) is 17.0. The van der Waals surface area contributed by atoms with Crippen molar-refractivity contribution < 1.29 is 71.4 Å². The quantitative estimate of drug-likeness (QED) is 0.0168. The van der Waals surface area contributed by atoms with Gasteiger partial charge in [0.05, 0.1) is 26.4 Å². The number of esters is 2. The molecule has 60 heavy (non-hydrogen) atoms. The molecule has 0 rings (SSSR count). The maximum absolute atomic E-state index is 12.1. The van der Waals surface area contributed by atoms with E-state index in [0.29, 0.717) is 12.8 Å². The van der Waals surface area contributed by atoms with E-state index in [-0.39, 0.29) is 12.8 Å². The highest BCUT2D eigenvalue weighted by molar-refractivity contribution is 7.47. The lowest BCUT2D eigenvalue weighted by molar-refractivity contribution is -0.148. The van der Waals surface area contributed by atoms with E-state index in [1.807, 2.05) is 42.5 Å². The molecule has 0 bridgehead atoms. The zero-order chi connectivity index (χ0) is 44.6. The molecule has 5 unspecified atom stereocenters. The molecule has 17 heteroatoms. The average molecular weight is 893 g/mol. The summed E-state index contributed by atoms with van der Waals surface area (Å²) in [5, 5.41) is 29.9. The summed E-state index contributed by atoms with van der Waals surface area (Å²) in [7, 11) is -9.58. The molecular formula is C43H74O15P2. The number of phosphoric ester groups is 2. The molecule has 0 aromatic carbocycles. The van der Waals surface area contributed by atoms with Crippen molar-refractivity contribution in [2.45, 2.75) is 148 Å². The van der Waals surface area contributed by atoms with Crippen LogP contribution in [0, 0.1) is 0 Å². The van der Waals surface area contributed by atoms with Crippen molar-refractivity contribution in [3.63, 3.8) is 0 Å². The predicted molar refractivity (Wildman–Crippen MR) is 233 cm³/mol. The van der Waals surface area contributed by atoms with E-state index in [1.54, 1.807) is 0 Å². The molecule has 0 aromatic heterocycles. The minimum atomic E-state index is -4.79. The Morgan fingerprint density at radius 1 is 0.433 bits per heavy atom. The van der Waals surface area contributed by atoms with E-state index in [9.17, 15) is 43.8 Å². The predicted octanol–water partition coefficient (Wildman–Crippen LogP) is 8.82. The van der Waals surface area contributed by atoms with Crippen LogP contribution >= 0.6 is 15.6 Å². The van der Waals surface area contributed by atoms with Crippen LogP contribution in [0.4, 0.5) is 0 Å². The summed E-state index contributed by atoms with van der Waals surface area (Å²) in [6.07, 6.45) is 36.2. The molecule has 15 nitrogen and oxygen atoms in total. The van der Waals surface area contributed by atoms with E-state index < -0.39 is 85.5 Å². The molecule has 0 amide bonds. The Kier molecular flexibility index (Phi) is 37.7. The van der Waals surface area contributed by atoms with E-state index in [2.05, 4.69) is 62.3 Å². The van der Waals surface area contributed by atoms with Crippen molar-refractivity contribution in [2.75, 3.05) is 39.6 Å². The van der Waals surface area contributed by atoms with Gasteiger partial charge in [0.15, 0.2) is 0 Å². The number of aliphatic hydroxyl groups is 3. The number of unbranched alkanes of at least 4 members (excludes halogenated alkanes) is 12. The number of hydrogen-bond donors (Lipinski definition) is 5. The standard InChI is InChI=1S/C43H74O15P2/c1-3-5-7-9-11-13-15-17-18-20-22-24-26-28-30-32-43(48)54-34-40(45)36-56-60(51,52)58-38-41(46)37-57-59(49,50)55-35-39(44)33-53-42(47)31-29-27-25-23-21-19-16-14-12-10-8-6-4-2/h5-16,39-41,44-46H,3-4,17-38H2,1-2H3,(H,49,50)(H,51,52)/b7-5+,8-6+,11-9+,12-10+,15-13+,16-14-. The molecule has 0 radical (unpaired) electrons. The molecule has 0 aliphatic carbocycles. The van der Waals surface area contributed by atoms with Crippen molar-refractivity contribution in [2.24, 2.45) is 0 Å². The molecule has 5 atom stereocenters. The van der Waals surface area contributed by atoms with Crippen LogP contribution in [0.25, 0.3) is 0 Å². The van der Waals surface area contributed by atoms with Crippen molar-refractivity contribution in [1.82, 2.24) is 0 Å². The highest BCUT2D eigenvalue weighted by atomic mass is 31.2. The summed E-state index contributed by atoms with van der Waals surface area (Å²) < 4.78 is 52.8. The van der Waals surface area contributed by atoms with Gasteiger partial charge in [-0.3, -0.25) is 27.7 Å². The summed E-state index contributed by atoms with van der Waals surface area (Å²) in [5.41, 5.74) is 0. The van der Waals surface area contributed by atoms with Crippen LogP contribution in [0.3, 0.4) is 0 Å². The number of carbonyl (C=O) groups excluding carboxylic acids is 2. The minimum Gasteiger partial charge on any atom is -0.463 e. The summed E-state index contributed by atoms with van der Waals surface area (Å²) in [5.74, 6) is -1.03. The van der Waals surface area contributed by atoms with E-state index in [0.717, 1.165) is 89.9 Å². The van der Waals surface area contributed by atoms with Crippen LogP contribution in [-0.4, -0.2) is 95.0 Å². The van der Waals surface area contributed by atoms with Gasteiger partial charge < -0.3 is 34.6 Å². The highest BCUT2D eigenvalue weighted by Crippen LogP contribution is 2.45. The van der Waals surface area contributed by atoms with Crippen molar-refractivity contribution >= 4 is 27.6 Å². The Labute approximate surface area is 358 Å². The van der Waals surface area contributed by atoms with Crippen LogP contribution in [0.1, 0.15) is 129 Å². The number of carbonyl (C=O) groups is 2. The van der Waals surface area contributed by atoms with E-state index in [4.69, 9.17) is 9.47 Å². The third-order valence-corrected chi connectivity index (χ3v) is 10.2. The molecule has 0 aromatic rings. The molecule has 5 N–H and O–H groups in total. The third kappa shape index (κ3) is 40.9. The van der Waals surface area contributed by atoms with Gasteiger partial charge in [-0.25, -0.2) is 9.13 Å². The second kappa shape index (κ2) is 39.3. The van der Waals surface area contributed by atoms with Crippen LogP contribution in [0.2, 0.25) is 0 Å². The van der Waals surface area contributed by atoms with Crippen molar-refractivity contribution in [3.8, 4) is 0 Å². The summed E-state index contributed by atoms with van der Waals surface area (Å²) in [6, 6.07) is 0. The van der Waals surface area contributed by atoms with Gasteiger partial charge in [-0.2, -0.15) is 0 Å². The lowest BCUT2D eigenvalue weighted by Gasteiger charge is -2.19. The molecule has 0 heterocycles. The largest absolute Gasteiger partial charge is 0.472 e. The number of rotatable bonds is 40. The zero-order valence-electron chi connectivity index (χ0n) is 35.8. The molecule has 346 valence electrons. The smallest absolute Gasteiger partial charge is 0.463 e. The van der Waals surface area contributed by atoms with Gasteiger partial charge in [0, 0.05) is 12.8 Å². The Balaban J connectivity index is 3.96. The molecule has 0 fully saturated rings. The van der Waals surface area contributed by atoms with Gasteiger partial charge in [0.2, 0.25) is 0 Å². The first-order valence-electron chi connectivity index (χ1n) is 21.4. The number of allylic oxidation sites excluding steroid dienone is 12. The fraction of sp³-hybridized carbons (Fsp3) is 0.674. The fourth-order valence-electron chi connectivity index (χ4n) is 4.98. The SMILES string of the molecule is CC/C=C/C=C/C=C\CCCCCCCC(=O)OCC(O)COP(=O)(O)OCC(O)COP(=O)(O)OCC(O)COC(=O)CCCCCCCCC/C=C/C=C/C=C/CC. The third-order valence-electron chi connectivity index (χ3n) is 8.28. The van der Waals surface area contributed by atoms with Gasteiger partial charge >= 0.3 is 27.6 Å². The number of aliphatic hydroxyl groups excluding tert-OH is 3. The maximum atomic E-state index is 12.1. The first kappa shape index (κ1) is 57.5. The topological polar surface area (TPSA) is 225 Å². The lowest BCUT2D eigenvalue weighted by atomic mass is 10.1. The zero-order valence-corrected chi connectivity index (χ0v) is 37.6. The van der Waals surface area contributed by atoms with Gasteiger partial charge in [-0.1, -0.05) is 138 Å². The van der Waals surface area contributed by atoms with Crippen LogP contribution < -0.4 is 0 Å². The Hall–Kier alpha value is -2.52. The molecule has 0 aliphatic heterocycles. The molecular weight excluding hydrogens is 818 g/mol. The minimum absolute atomic E-state index is 0.170. The van der Waals surface area contributed by atoms with E-state index >= 15 is 0 Å². The van der Waals surface area contributed by atoms with Gasteiger partial charge in [0.1, 0.15) is 31.5 Å². The normalized spacial score (nSPS) is 16.1. The van der Waals surface area contributed by atoms with Gasteiger partial charge in [-0.15, -0.1) is 0 Å². The Bertz CT molecular complexity index is 1360. The molecule has 0 saturated heterocycles. The maximum Gasteiger partial charge on any atom is 0.472 e. The summed E-state index contributed by atoms with van der Waals surface area (Å²) >= 11 is 0. The van der Waals surface area contributed by atoms with Crippen LogP contribution in [0.5, 0.6) is 0 Å². The van der Waals surface area contributed by atoms with Gasteiger partial charge in [0.25, 0.3) is 0 Å². The second-order valence-electron chi connectivity index (χ2n) is 14.1.